The minimum Gasteiger partial charge on any atom is -0.388 e. The van der Waals surface area contributed by atoms with Crippen molar-refractivity contribution in [1.82, 2.24) is 10.3 Å². The third-order valence-corrected chi connectivity index (χ3v) is 5.34. The molecule has 1 aromatic carbocycles. The molecule has 2 heterocycles. The zero-order chi connectivity index (χ0) is 17.1. The fourth-order valence-corrected chi connectivity index (χ4v) is 3.81. The molecule has 24 heavy (non-hydrogen) atoms. The highest BCUT2D eigenvalue weighted by Crippen LogP contribution is 2.39. The van der Waals surface area contributed by atoms with Gasteiger partial charge in [-0.05, 0) is 67.5 Å². The molecule has 1 aliphatic heterocycles. The monoisotopic (exact) mass is 336 g/mol. The second kappa shape index (κ2) is 7.27. The maximum atomic E-state index is 4.75. The summed E-state index contributed by atoms with van der Waals surface area (Å²) in [6.45, 7) is 9.47. The van der Waals surface area contributed by atoms with Crippen LogP contribution in [0.3, 0.4) is 0 Å². The van der Waals surface area contributed by atoms with E-state index in [2.05, 4.69) is 61.5 Å². The average molecular weight is 337 g/mol. The minimum absolute atomic E-state index is 0.337. The molecule has 124 valence electrons. The summed E-state index contributed by atoms with van der Waals surface area (Å²) >= 11 is 1.78. The number of hydrogen-bond donors (Lipinski definition) is 1. The van der Waals surface area contributed by atoms with Crippen molar-refractivity contribution in [3.63, 3.8) is 0 Å². The van der Waals surface area contributed by atoms with Crippen LogP contribution < -0.4 is 5.32 Å². The first-order valence-electron chi connectivity index (χ1n) is 8.32. The van der Waals surface area contributed by atoms with Gasteiger partial charge in [0, 0.05) is 28.7 Å². The summed E-state index contributed by atoms with van der Waals surface area (Å²) in [5, 5.41) is 3.41. The maximum absolute atomic E-state index is 4.75. The van der Waals surface area contributed by atoms with Crippen molar-refractivity contribution in [2.75, 3.05) is 12.8 Å². The molecule has 0 radical (unpaired) electrons. The normalized spacial score (nSPS) is 18.3. The van der Waals surface area contributed by atoms with Crippen molar-refractivity contribution in [3.05, 3.63) is 71.7 Å². The molecule has 2 aromatic rings. The summed E-state index contributed by atoms with van der Waals surface area (Å²) in [6.07, 6.45) is 3.20. The van der Waals surface area contributed by atoms with Gasteiger partial charge in [0.15, 0.2) is 0 Å². The summed E-state index contributed by atoms with van der Waals surface area (Å²) < 4.78 is 0. The fourth-order valence-electron chi connectivity index (χ4n) is 3.35. The molecule has 3 heteroatoms. The predicted molar refractivity (Wildman–Crippen MR) is 105 cm³/mol. The Morgan fingerprint density at radius 3 is 2.71 bits per heavy atom. The van der Waals surface area contributed by atoms with E-state index in [0.29, 0.717) is 5.92 Å². The summed E-state index contributed by atoms with van der Waals surface area (Å²) in [6, 6.07) is 15.0. The van der Waals surface area contributed by atoms with Gasteiger partial charge >= 0.3 is 0 Å². The molecule has 0 saturated carbocycles. The van der Waals surface area contributed by atoms with Crippen molar-refractivity contribution in [2.24, 2.45) is 5.92 Å². The maximum Gasteiger partial charge on any atom is 0.0665 e. The second-order valence-electron chi connectivity index (χ2n) is 6.23. The van der Waals surface area contributed by atoms with Crippen LogP contribution in [0.1, 0.15) is 30.3 Å². The Morgan fingerprint density at radius 2 is 2.04 bits per heavy atom. The Kier molecular flexibility index (Phi) is 5.10. The third-order valence-electron chi connectivity index (χ3n) is 4.61. The number of nitrogens with zero attached hydrogens (tertiary/aromatic N) is 1. The standard InChI is InChI=1S/C21H24N2S/c1-14-7-5-10-20(23-14)15(2)21(19-11-12-22-16(19)3)17-8-6-9-18(13-17)24-4/h5-10,13,19,22H,3,11-12H2,1-2,4H3/b21-15+. The first-order chi connectivity index (χ1) is 11.6. The van der Waals surface area contributed by atoms with Crippen LogP contribution in [-0.4, -0.2) is 17.8 Å². The first-order valence-corrected chi connectivity index (χ1v) is 9.54. The van der Waals surface area contributed by atoms with Crippen molar-refractivity contribution >= 4 is 22.9 Å². The quantitative estimate of drug-likeness (QED) is 0.780. The molecule has 1 fully saturated rings. The molecule has 3 rings (SSSR count). The summed E-state index contributed by atoms with van der Waals surface area (Å²) in [7, 11) is 0. The number of rotatable bonds is 4. The van der Waals surface area contributed by atoms with Crippen LogP contribution in [0, 0.1) is 12.8 Å². The van der Waals surface area contributed by atoms with Crippen LogP contribution in [0.5, 0.6) is 0 Å². The molecule has 1 unspecified atom stereocenters. The SMILES string of the molecule is C=C1NCCC1/C(=C(\C)c1cccc(C)n1)c1cccc(SC)c1. The van der Waals surface area contributed by atoms with Gasteiger partial charge in [0.05, 0.1) is 5.69 Å². The van der Waals surface area contributed by atoms with Crippen LogP contribution in [0.25, 0.3) is 11.1 Å². The fraction of sp³-hybridized carbons (Fsp3) is 0.286. The van der Waals surface area contributed by atoms with E-state index in [9.17, 15) is 0 Å². The van der Waals surface area contributed by atoms with E-state index in [-0.39, 0.29) is 0 Å². The van der Waals surface area contributed by atoms with Crippen LogP contribution in [0.2, 0.25) is 0 Å². The van der Waals surface area contributed by atoms with Gasteiger partial charge in [-0.15, -0.1) is 11.8 Å². The van der Waals surface area contributed by atoms with Crippen LogP contribution >= 0.6 is 11.8 Å². The molecule has 2 nitrogen and oxygen atoms in total. The van der Waals surface area contributed by atoms with Gasteiger partial charge < -0.3 is 5.32 Å². The van der Waals surface area contributed by atoms with Crippen molar-refractivity contribution < 1.29 is 0 Å². The first kappa shape index (κ1) is 16.8. The lowest BCUT2D eigenvalue weighted by Gasteiger charge is -2.20. The van der Waals surface area contributed by atoms with Crippen LogP contribution in [0.4, 0.5) is 0 Å². The van der Waals surface area contributed by atoms with Crippen molar-refractivity contribution in [3.8, 4) is 0 Å². The largest absolute Gasteiger partial charge is 0.388 e. The summed E-state index contributed by atoms with van der Waals surface area (Å²) in [4.78, 5) is 6.03. The van der Waals surface area contributed by atoms with E-state index in [4.69, 9.17) is 4.98 Å². The average Bonchev–Trinajstić information content (AvgIpc) is 3.01. The van der Waals surface area contributed by atoms with Gasteiger partial charge in [-0.2, -0.15) is 0 Å². The number of benzene rings is 1. The molecule has 1 N–H and O–H groups in total. The summed E-state index contributed by atoms with van der Waals surface area (Å²) in [5.41, 5.74) is 7.08. The topological polar surface area (TPSA) is 24.9 Å². The minimum atomic E-state index is 0.337. The van der Waals surface area contributed by atoms with Crippen LogP contribution in [-0.2, 0) is 0 Å². The Hall–Kier alpha value is -2.00. The van der Waals surface area contributed by atoms with E-state index in [1.54, 1.807) is 11.8 Å². The van der Waals surface area contributed by atoms with Gasteiger partial charge in [-0.3, -0.25) is 4.98 Å². The lowest BCUT2D eigenvalue weighted by Crippen LogP contribution is -2.08. The van der Waals surface area contributed by atoms with E-state index in [1.165, 1.54) is 21.6 Å². The molecule has 0 amide bonds. The van der Waals surface area contributed by atoms with Crippen molar-refractivity contribution in [1.29, 1.82) is 0 Å². The predicted octanol–water partition coefficient (Wildman–Crippen LogP) is 5.17. The highest BCUT2D eigenvalue weighted by molar-refractivity contribution is 7.98. The van der Waals surface area contributed by atoms with Gasteiger partial charge in [0.25, 0.3) is 0 Å². The lowest BCUT2D eigenvalue weighted by molar-refractivity contribution is 0.816. The molecular weight excluding hydrogens is 312 g/mol. The van der Waals surface area contributed by atoms with Gasteiger partial charge in [0.1, 0.15) is 0 Å². The third kappa shape index (κ3) is 3.41. The number of aromatic nitrogens is 1. The van der Waals surface area contributed by atoms with Gasteiger partial charge in [-0.25, -0.2) is 0 Å². The van der Waals surface area contributed by atoms with E-state index in [1.807, 2.05) is 13.0 Å². The molecule has 0 aliphatic carbocycles. The number of pyridine rings is 1. The number of nitrogens with one attached hydrogen (secondary N) is 1. The van der Waals surface area contributed by atoms with Crippen molar-refractivity contribution in [2.45, 2.75) is 25.2 Å². The molecule has 1 aliphatic rings. The van der Waals surface area contributed by atoms with Gasteiger partial charge in [-0.1, -0.05) is 24.8 Å². The molecule has 0 spiro atoms. The van der Waals surface area contributed by atoms with E-state index >= 15 is 0 Å². The second-order valence-corrected chi connectivity index (χ2v) is 7.11. The molecule has 1 aromatic heterocycles. The highest BCUT2D eigenvalue weighted by Gasteiger charge is 2.26. The Labute approximate surface area is 149 Å². The van der Waals surface area contributed by atoms with Gasteiger partial charge in [0.2, 0.25) is 0 Å². The number of allylic oxidation sites excluding steroid dienone is 2. The highest BCUT2D eigenvalue weighted by atomic mass is 32.2. The smallest absolute Gasteiger partial charge is 0.0665 e. The van der Waals surface area contributed by atoms with E-state index < -0.39 is 0 Å². The molecular formula is C21H24N2S. The van der Waals surface area contributed by atoms with Crippen LogP contribution in [0.15, 0.2) is 59.6 Å². The molecule has 1 saturated heterocycles. The lowest BCUT2D eigenvalue weighted by atomic mass is 9.85. The number of aryl methyl sites for hydroxylation is 1. The molecule has 1 atom stereocenters. The zero-order valence-electron chi connectivity index (χ0n) is 14.6. The molecule has 0 bridgehead atoms. The zero-order valence-corrected chi connectivity index (χ0v) is 15.4. The Bertz CT molecular complexity index is 792. The Balaban J connectivity index is 2.17. The number of hydrogen-bond acceptors (Lipinski definition) is 3. The number of thioether (sulfide) groups is 1. The van der Waals surface area contributed by atoms with E-state index in [0.717, 1.165) is 30.1 Å². The Morgan fingerprint density at radius 1 is 1.25 bits per heavy atom. The summed E-state index contributed by atoms with van der Waals surface area (Å²) in [5.74, 6) is 0.337.